The molecule has 3 nitrogen and oxygen atoms in total. The van der Waals surface area contributed by atoms with Gasteiger partial charge in [0.25, 0.3) is 0 Å². The predicted octanol–water partition coefficient (Wildman–Crippen LogP) is 4.19. The summed E-state index contributed by atoms with van der Waals surface area (Å²) in [5.74, 6) is -0.0365. The Morgan fingerprint density at radius 2 is 2.05 bits per heavy atom. The summed E-state index contributed by atoms with van der Waals surface area (Å²) < 4.78 is 0.930. The van der Waals surface area contributed by atoms with Crippen molar-refractivity contribution in [3.63, 3.8) is 0 Å². The normalized spacial score (nSPS) is 14.0. The van der Waals surface area contributed by atoms with Crippen LogP contribution in [0.5, 0.6) is 0 Å². The molecule has 5 heteroatoms. The van der Waals surface area contributed by atoms with Crippen LogP contribution in [0.1, 0.15) is 0 Å². The molecule has 0 unspecified atom stereocenters. The molecule has 0 spiro atoms. The summed E-state index contributed by atoms with van der Waals surface area (Å²) in [5, 5.41) is 3.53. The number of halogens is 2. The largest absolute Gasteiger partial charge is 0.330 e. The van der Waals surface area contributed by atoms with E-state index in [1.807, 2.05) is 47.4 Å². The highest BCUT2D eigenvalue weighted by Crippen LogP contribution is 2.37. The summed E-state index contributed by atoms with van der Waals surface area (Å²) in [5.41, 5.74) is 2.67. The van der Waals surface area contributed by atoms with Gasteiger partial charge in [-0.2, -0.15) is 0 Å². The lowest BCUT2D eigenvalue weighted by atomic mass is 10.1. The summed E-state index contributed by atoms with van der Waals surface area (Å²) in [6, 6.07) is 13.3. The molecule has 96 valence electrons. The van der Waals surface area contributed by atoms with Gasteiger partial charge in [0.2, 0.25) is 5.91 Å². The number of nitrogens with one attached hydrogen (secondary N) is 1. The molecule has 0 radical (unpaired) electrons. The van der Waals surface area contributed by atoms with Crippen molar-refractivity contribution in [2.75, 3.05) is 16.8 Å². The molecule has 1 amide bonds. The van der Waals surface area contributed by atoms with Crippen LogP contribution in [0.25, 0.3) is 0 Å². The molecule has 1 heterocycles. The number of benzene rings is 2. The molecule has 0 atom stereocenters. The Kier molecular flexibility index (Phi) is 3.21. The van der Waals surface area contributed by atoms with Gasteiger partial charge in [-0.1, -0.05) is 33.6 Å². The van der Waals surface area contributed by atoms with E-state index in [0.29, 0.717) is 5.02 Å². The number of hydrogen-bond acceptors (Lipinski definition) is 2. The molecular weight excluding hydrogens is 328 g/mol. The Morgan fingerprint density at radius 3 is 2.84 bits per heavy atom. The van der Waals surface area contributed by atoms with Gasteiger partial charge in [-0.25, -0.2) is 0 Å². The molecule has 0 saturated carbocycles. The molecule has 0 aromatic heterocycles. The number of anilines is 3. The Bertz CT molecular complexity index is 660. The Hall–Kier alpha value is -1.52. The molecular formula is C14H10BrClN2O. The van der Waals surface area contributed by atoms with Gasteiger partial charge in [0.15, 0.2) is 0 Å². The highest BCUT2D eigenvalue weighted by Gasteiger charge is 2.23. The third kappa shape index (κ3) is 2.46. The van der Waals surface area contributed by atoms with Crippen LogP contribution >= 0.6 is 27.5 Å². The number of amides is 1. The third-order valence-electron chi connectivity index (χ3n) is 2.95. The summed E-state index contributed by atoms with van der Waals surface area (Å²) >= 11 is 9.43. The topological polar surface area (TPSA) is 32.3 Å². The maximum absolute atomic E-state index is 11.8. The fourth-order valence-corrected chi connectivity index (χ4v) is 2.68. The van der Waals surface area contributed by atoms with Gasteiger partial charge < -0.3 is 10.2 Å². The van der Waals surface area contributed by atoms with Crippen LogP contribution < -0.4 is 10.2 Å². The molecule has 19 heavy (non-hydrogen) atoms. The van der Waals surface area contributed by atoms with E-state index >= 15 is 0 Å². The van der Waals surface area contributed by atoms with Gasteiger partial charge in [-0.05, 0) is 36.4 Å². The van der Waals surface area contributed by atoms with Crippen molar-refractivity contribution in [3.8, 4) is 0 Å². The molecule has 2 aromatic carbocycles. The number of fused-ring (bicyclic) bond motifs is 1. The third-order valence-corrected chi connectivity index (χ3v) is 3.67. The monoisotopic (exact) mass is 336 g/mol. The van der Waals surface area contributed by atoms with Gasteiger partial charge in [0.1, 0.15) is 6.54 Å². The van der Waals surface area contributed by atoms with E-state index in [4.69, 9.17) is 11.6 Å². The molecule has 2 aromatic rings. The fourth-order valence-electron chi connectivity index (χ4n) is 2.14. The minimum absolute atomic E-state index is 0.0365. The van der Waals surface area contributed by atoms with Crippen molar-refractivity contribution in [1.29, 1.82) is 0 Å². The highest BCUT2D eigenvalue weighted by atomic mass is 79.9. The first-order valence-electron chi connectivity index (χ1n) is 5.76. The van der Waals surface area contributed by atoms with Crippen molar-refractivity contribution >= 4 is 50.5 Å². The standard InChI is InChI=1S/C14H10BrClN2O/c15-9-4-5-13-12(6-9)17-14(19)8-18(13)11-3-1-2-10(16)7-11/h1-7H,8H2,(H,17,19). The van der Waals surface area contributed by atoms with Gasteiger partial charge in [0.05, 0.1) is 11.4 Å². The number of carbonyl (C=O) groups is 1. The Morgan fingerprint density at radius 1 is 1.21 bits per heavy atom. The Labute approximate surface area is 124 Å². The minimum Gasteiger partial charge on any atom is -0.330 e. The molecule has 0 saturated heterocycles. The van der Waals surface area contributed by atoms with E-state index < -0.39 is 0 Å². The van der Waals surface area contributed by atoms with Crippen molar-refractivity contribution < 1.29 is 4.79 Å². The van der Waals surface area contributed by atoms with Crippen molar-refractivity contribution in [2.24, 2.45) is 0 Å². The van der Waals surface area contributed by atoms with Crippen LogP contribution in [0, 0.1) is 0 Å². The fraction of sp³-hybridized carbons (Fsp3) is 0.0714. The smallest absolute Gasteiger partial charge is 0.244 e. The lowest BCUT2D eigenvalue weighted by Gasteiger charge is -2.31. The number of rotatable bonds is 1. The van der Waals surface area contributed by atoms with Gasteiger partial charge in [-0.15, -0.1) is 0 Å². The van der Waals surface area contributed by atoms with Crippen molar-refractivity contribution in [3.05, 3.63) is 52.0 Å². The van der Waals surface area contributed by atoms with E-state index in [1.165, 1.54) is 0 Å². The average molecular weight is 338 g/mol. The van der Waals surface area contributed by atoms with Gasteiger partial charge >= 0.3 is 0 Å². The van der Waals surface area contributed by atoms with Crippen molar-refractivity contribution in [2.45, 2.75) is 0 Å². The van der Waals surface area contributed by atoms with Crippen LogP contribution in [0.4, 0.5) is 17.1 Å². The first-order chi connectivity index (χ1) is 9.13. The van der Waals surface area contributed by atoms with Gasteiger partial charge in [-0.3, -0.25) is 4.79 Å². The summed E-state index contributed by atoms with van der Waals surface area (Å²) in [6.07, 6.45) is 0. The Balaban J connectivity index is 2.11. The van der Waals surface area contributed by atoms with Crippen LogP contribution in [-0.4, -0.2) is 12.5 Å². The maximum Gasteiger partial charge on any atom is 0.244 e. The minimum atomic E-state index is -0.0365. The van der Waals surface area contributed by atoms with Crippen LogP contribution in [-0.2, 0) is 4.79 Å². The zero-order valence-corrected chi connectivity index (χ0v) is 12.2. The van der Waals surface area contributed by atoms with E-state index in [0.717, 1.165) is 21.5 Å². The zero-order valence-electron chi connectivity index (χ0n) is 9.86. The van der Waals surface area contributed by atoms with Gasteiger partial charge in [0, 0.05) is 15.2 Å². The molecule has 0 fully saturated rings. The van der Waals surface area contributed by atoms with E-state index in [9.17, 15) is 4.79 Å². The lowest BCUT2D eigenvalue weighted by molar-refractivity contribution is -0.115. The number of carbonyl (C=O) groups excluding carboxylic acids is 1. The predicted molar refractivity (Wildman–Crippen MR) is 81.2 cm³/mol. The molecule has 0 aliphatic carbocycles. The van der Waals surface area contributed by atoms with E-state index in [-0.39, 0.29) is 12.5 Å². The van der Waals surface area contributed by atoms with E-state index in [2.05, 4.69) is 21.2 Å². The SMILES string of the molecule is O=C1CN(c2cccc(Cl)c2)c2ccc(Br)cc2N1. The van der Waals surface area contributed by atoms with E-state index in [1.54, 1.807) is 0 Å². The zero-order chi connectivity index (χ0) is 13.4. The second-order valence-electron chi connectivity index (χ2n) is 4.28. The number of hydrogen-bond donors (Lipinski definition) is 1. The lowest BCUT2D eigenvalue weighted by Crippen LogP contribution is -2.34. The molecule has 1 aliphatic rings. The summed E-state index contributed by atoms with van der Waals surface area (Å²) in [6.45, 7) is 0.287. The summed E-state index contributed by atoms with van der Waals surface area (Å²) in [4.78, 5) is 13.8. The summed E-state index contributed by atoms with van der Waals surface area (Å²) in [7, 11) is 0. The molecule has 3 rings (SSSR count). The van der Waals surface area contributed by atoms with Crippen LogP contribution in [0.15, 0.2) is 46.9 Å². The average Bonchev–Trinajstić information content (AvgIpc) is 2.37. The van der Waals surface area contributed by atoms with Crippen LogP contribution in [0.2, 0.25) is 5.02 Å². The first-order valence-corrected chi connectivity index (χ1v) is 6.93. The molecule has 0 bridgehead atoms. The second kappa shape index (κ2) is 4.87. The first kappa shape index (κ1) is 12.5. The molecule has 1 aliphatic heterocycles. The second-order valence-corrected chi connectivity index (χ2v) is 5.63. The van der Waals surface area contributed by atoms with Crippen molar-refractivity contribution in [1.82, 2.24) is 0 Å². The maximum atomic E-state index is 11.8. The highest BCUT2D eigenvalue weighted by molar-refractivity contribution is 9.10. The quantitative estimate of drug-likeness (QED) is 0.846. The number of nitrogens with zero attached hydrogens (tertiary/aromatic N) is 1. The van der Waals surface area contributed by atoms with Crippen LogP contribution in [0.3, 0.4) is 0 Å². The molecule has 1 N–H and O–H groups in total.